The smallest absolute Gasteiger partial charge is 0.240 e. The third-order valence-corrected chi connectivity index (χ3v) is 4.02. The SMILES string of the molecule is Nc1nc2cccc(-c3ccc(CCc4ccccn4)cc3)n2n1. The standard InChI is InChI=1S/C19H17N5/c20-19-22-18-6-3-5-17(24(18)23-19)15-10-7-14(8-11-15)9-12-16-4-1-2-13-21-16/h1-8,10-11,13H,9,12H2,(H2,20,23). The second-order valence-corrected chi connectivity index (χ2v) is 5.67. The first-order valence-corrected chi connectivity index (χ1v) is 7.90. The van der Waals surface area contributed by atoms with Crippen molar-refractivity contribution in [1.82, 2.24) is 19.6 Å². The lowest BCUT2D eigenvalue weighted by molar-refractivity contribution is 0.913. The van der Waals surface area contributed by atoms with Crippen LogP contribution in [0.1, 0.15) is 11.3 Å². The average Bonchev–Trinajstić information content (AvgIpc) is 3.01. The number of nitrogen functional groups attached to an aromatic ring is 1. The topological polar surface area (TPSA) is 69.1 Å². The van der Waals surface area contributed by atoms with Crippen LogP contribution in [0.5, 0.6) is 0 Å². The molecular formula is C19H17N5. The molecule has 3 heterocycles. The van der Waals surface area contributed by atoms with Gasteiger partial charge in [-0.3, -0.25) is 4.98 Å². The molecule has 0 aliphatic carbocycles. The zero-order valence-corrected chi connectivity index (χ0v) is 13.1. The summed E-state index contributed by atoms with van der Waals surface area (Å²) in [5.41, 5.74) is 10.9. The van der Waals surface area contributed by atoms with Crippen LogP contribution >= 0.6 is 0 Å². The highest BCUT2D eigenvalue weighted by atomic mass is 15.3. The van der Waals surface area contributed by atoms with E-state index in [0.29, 0.717) is 0 Å². The van der Waals surface area contributed by atoms with Gasteiger partial charge in [-0.25, -0.2) is 4.52 Å². The summed E-state index contributed by atoms with van der Waals surface area (Å²) >= 11 is 0. The number of hydrogen-bond donors (Lipinski definition) is 1. The van der Waals surface area contributed by atoms with Crippen molar-refractivity contribution in [3.05, 3.63) is 78.1 Å². The van der Waals surface area contributed by atoms with E-state index in [0.717, 1.165) is 35.4 Å². The minimum Gasteiger partial charge on any atom is -0.366 e. The number of aromatic nitrogens is 4. The Labute approximate surface area is 139 Å². The predicted octanol–water partition coefficient (Wildman–Crippen LogP) is 3.16. The third-order valence-electron chi connectivity index (χ3n) is 4.02. The lowest BCUT2D eigenvalue weighted by Crippen LogP contribution is -1.96. The van der Waals surface area contributed by atoms with E-state index in [2.05, 4.69) is 45.4 Å². The highest BCUT2D eigenvalue weighted by Gasteiger charge is 2.07. The van der Waals surface area contributed by atoms with Gasteiger partial charge in [0.2, 0.25) is 5.95 Å². The Morgan fingerprint density at radius 3 is 2.54 bits per heavy atom. The average molecular weight is 315 g/mol. The molecule has 3 aromatic heterocycles. The third kappa shape index (κ3) is 2.84. The Morgan fingerprint density at radius 2 is 1.75 bits per heavy atom. The molecule has 0 unspecified atom stereocenters. The first-order chi connectivity index (χ1) is 11.8. The molecule has 0 saturated heterocycles. The van der Waals surface area contributed by atoms with Crippen molar-refractivity contribution in [3.63, 3.8) is 0 Å². The highest BCUT2D eigenvalue weighted by Crippen LogP contribution is 2.21. The van der Waals surface area contributed by atoms with E-state index in [1.165, 1.54) is 5.56 Å². The van der Waals surface area contributed by atoms with Crippen LogP contribution < -0.4 is 5.73 Å². The van der Waals surface area contributed by atoms with Gasteiger partial charge in [0.25, 0.3) is 0 Å². The van der Waals surface area contributed by atoms with Crippen molar-refractivity contribution in [1.29, 1.82) is 0 Å². The van der Waals surface area contributed by atoms with Crippen LogP contribution in [0.25, 0.3) is 16.9 Å². The Balaban J connectivity index is 1.57. The van der Waals surface area contributed by atoms with Crippen molar-refractivity contribution in [2.24, 2.45) is 0 Å². The molecule has 0 bridgehead atoms. The summed E-state index contributed by atoms with van der Waals surface area (Å²) in [6.07, 6.45) is 3.75. The van der Waals surface area contributed by atoms with Gasteiger partial charge in [-0.15, -0.1) is 5.10 Å². The van der Waals surface area contributed by atoms with Crippen LogP contribution in [0.4, 0.5) is 5.95 Å². The Kier molecular flexibility index (Phi) is 3.67. The number of anilines is 1. The van der Waals surface area contributed by atoms with Gasteiger partial charge in [0.15, 0.2) is 5.65 Å². The molecule has 2 N–H and O–H groups in total. The summed E-state index contributed by atoms with van der Waals surface area (Å²) < 4.78 is 1.78. The molecule has 118 valence electrons. The first kappa shape index (κ1) is 14.4. The van der Waals surface area contributed by atoms with E-state index in [-0.39, 0.29) is 5.95 Å². The van der Waals surface area contributed by atoms with E-state index >= 15 is 0 Å². The van der Waals surface area contributed by atoms with Crippen LogP contribution in [-0.2, 0) is 12.8 Å². The van der Waals surface area contributed by atoms with Crippen molar-refractivity contribution in [2.75, 3.05) is 5.73 Å². The Morgan fingerprint density at radius 1 is 0.875 bits per heavy atom. The van der Waals surface area contributed by atoms with Gasteiger partial charge in [0.05, 0.1) is 5.69 Å². The van der Waals surface area contributed by atoms with Gasteiger partial charge in [-0.1, -0.05) is 36.4 Å². The summed E-state index contributed by atoms with van der Waals surface area (Å²) in [7, 11) is 0. The van der Waals surface area contributed by atoms with E-state index in [4.69, 9.17) is 5.73 Å². The molecule has 0 aliphatic rings. The molecule has 5 heteroatoms. The fourth-order valence-corrected chi connectivity index (χ4v) is 2.80. The fourth-order valence-electron chi connectivity index (χ4n) is 2.80. The second-order valence-electron chi connectivity index (χ2n) is 5.67. The molecule has 0 atom stereocenters. The summed E-state index contributed by atoms with van der Waals surface area (Å²) in [4.78, 5) is 8.57. The molecule has 0 radical (unpaired) electrons. The van der Waals surface area contributed by atoms with E-state index in [1.807, 2.05) is 36.5 Å². The number of pyridine rings is 2. The van der Waals surface area contributed by atoms with Gasteiger partial charge in [-0.2, -0.15) is 4.98 Å². The predicted molar refractivity (Wildman–Crippen MR) is 94.5 cm³/mol. The monoisotopic (exact) mass is 315 g/mol. The van der Waals surface area contributed by atoms with Gasteiger partial charge in [-0.05, 0) is 42.7 Å². The van der Waals surface area contributed by atoms with Crippen LogP contribution in [0, 0.1) is 0 Å². The Bertz CT molecular complexity index is 958. The van der Waals surface area contributed by atoms with Gasteiger partial charge in [0, 0.05) is 17.5 Å². The van der Waals surface area contributed by atoms with Crippen LogP contribution in [-0.4, -0.2) is 19.6 Å². The minimum atomic E-state index is 0.287. The van der Waals surface area contributed by atoms with Gasteiger partial charge < -0.3 is 5.73 Å². The number of aryl methyl sites for hydroxylation is 2. The molecular weight excluding hydrogens is 298 g/mol. The summed E-state index contributed by atoms with van der Waals surface area (Å²) in [6.45, 7) is 0. The lowest BCUT2D eigenvalue weighted by atomic mass is 10.0. The minimum absolute atomic E-state index is 0.287. The molecule has 0 amide bonds. The van der Waals surface area contributed by atoms with Gasteiger partial charge >= 0.3 is 0 Å². The number of nitrogens with two attached hydrogens (primary N) is 1. The van der Waals surface area contributed by atoms with Crippen LogP contribution in [0.2, 0.25) is 0 Å². The maximum atomic E-state index is 5.71. The first-order valence-electron chi connectivity index (χ1n) is 7.90. The zero-order chi connectivity index (χ0) is 16.4. The molecule has 4 rings (SSSR count). The highest BCUT2D eigenvalue weighted by molar-refractivity contribution is 5.63. The number of nitrogens with zero attached hydrogens (tertiary/aromatic N) is 4. The van der Waals surface area contributed by atoms with E-state index < -0.39 is 0 Å². The summed E-state index contributed by atoms with van der Waals surface area (Å²) in [6, 6.07) is 20.4. The number of benzene rings is 1. The Hall–Kier alpha value is -3.21. The molecule has 5 nitrogen and oxygen atoms in total. The van der Waals surface area contributed by atoms with Crippen molar-refractivity contribution >= 4 is 11.6 Å². The number of fused-ring (bicyclic) bond motifs is 1. The fraction of sp³-hybridized carbons (Fsp3) is 0.105. The number of hydrogen-bond acceptors (Lipinski definition) is 4. The van der Waals surface area contributed by atoms with E-state index in [1.54, 1.807) is 4.52 Å². The van der Waals surface area contributed by atoms with Crippen molar-refractivity contribution < 1.29 is 0 Å². The number of rotatable bonds is 4. The lowest BCUT2D eigenvalue weighted by Gasteiger charge is -2.06. The van der Waals surface area contributed by atoms with Crippen molar-refractivity contribution in [2.45, 2.75) is 12.8 Å². The maximum Gasteiger partial charge on any atom is 0.240 e. The zero-order valence-electron chi connectivity index (χ0n) is 13.1. The van der Waals surface area contributed by atoms with Gasteiger partial charge in [0.1, 0.15) is 0 Å². The summed E-state index contributed by atoms with van der Waals surface area (Å²) in [5, 5.41) is 4.26. The molecule has 0 saturated carbocycles. The molecule has 0 aliphatic heterocycles. The molecule has 24 heavy (non-hydrogen) atoms. The second kappa shape index (κ2) is 6.12. The summed E-state index contributed by atoms with van der Waals surface area (Å²) in [5.74, 6) is 0.287. The van der Waals surface area contributed by atoms with Crippen LogP contribution in [0.15, 0.2) is 66.9 Å². The molecule has 4 aromatic rings. The maximum absolute atomic E-state index is 5.71. The quantitative estimate of drug-likeness (QED) is 0.628. The normalized spacial score (nSPS) is 11.0. The largest absolute Gasteiger partial charge is 0.366 e. The molecule has 1 aromatic carbocycles. The van der Waals surface area contributed by atoms with E-state index in [9.17, 15) is 0 Å². The van der Waals surface area contributed by atoms with Crippen molar-refractivity contribution in [3.8, 4) is 11.3 Å². The molecule has 0 fully saturated rings. The molecule has 0 spiro atoms. The van der Waals surface area contributed by atoms with Crippen LogP contribution in [0.3, 0.4) is 0 Å².